The van der Waals surface area contributed by atoms with E-state index < -0.39 is 5.60 Å². The Morgan fingerprint density at radius 2 is 1.93 bits per heavy atom. The van der Waals surface area contributed by atoms with E-state index in [2.05, 4.69) is 45.3 Å². The van der Waals surface area contributed by atoms with Crippen LogP contribution in [0.25, 0.3) is 16.7 Å². The van der Waals surface area contributed by atoms with Crippen LogP contribution >= 0.6 is 0 Å². The van der Waals surface area contributed by atoms with Crippen LogP contribution < -0.4 is 5.73 Å². The summed E-state index contributed by atoms with van der Waals surface area (Å²) in [6.07, 6.45) is 3.53. The standard InChI is InChI=1S/C22H26N6O2/c1-14-25-19(23)18-20(26-14)28(13-24-18)11-15-5-7-16(8-6-15)17-9-10-27(12-17)21(29)30-22(2,3)4/h5-9,13H,10-12H2,1-4H3,(H2,23,25,26). The third-order valence-corrected chi connectivity index (χ3v) is 4.85. The van der Waals surface area contributed by atoms with Crippen LogP contribution in [0.15, 0.2) is 36.7 Å². The summed E-state index contributed by atoms with van der Waals surface area (Å²) in [4.78, 5) is 27.0. The van der Waals surface area contributed by atoms with Gasteiger partial charge in [0, 0.05) is 13.1 Å². The van der Waals surface area contributed by atoms with E-state index in [0.29, 0.717) is 36.8 Å². The maximum atomic E-state index is 12.3. The van der Waals surface area contributed by atoms with Crippen LogP contribution in [0.4, 0.5) is 10.6 Å². The minimum atomic E-state index is -0.493. The average Bonchev–Trinajstić information content (AvgIpc) is 3.29. The van der Waals surface area contributed by atoms with E-state index in [1.807, 2.05) is 32.3 Å². The summed E-state index contributed by atoms with van der Waals surface area (Å²) in [7, 11) is 0. The van der Waals surface area contributed by atoms with Crippen molar-refractivity contribution in [2.75, 3.05) is 18.8 Å². The number of nitrogens with two attached hydrogens (primary N) is 1. The van der Waals surface area contributed by atoms with E-state index in [1.165, 1.54) is 0 Å². The fourth-order valence-corrected chi connectivity index (χ4v) is 3.45. The number of amides is 1. The number of rotatable bonds is 3. The molecule has 3 heterocycles. The highest BCUT2D eigenvalue weighted by Crippen LogP contribution is 2.24. The summed E-state index contributed by atoms with van der Waals surface area (Å²) in [6.45, 7) is 9.19. The first kappa shape index (κ1) is 19.9. The van der Waals surface area contributed by atoms with Gasteiger partial charge in [-0.1, -0.05) is 30.3 Å². The molecule has 30 heavy (non-hydrogen) atoms. The van der Waals surface area contributed by atoms with Gasteiger partial charge in [-0.15, -0.1) is 0 Å². The Morgan fingerprint density at radius 3 is 2.63 bits per heavy atom. The number of nitrogens with zero attached hydrogens (tertiary/aromatic N) is 5. The highest BCUT2D eigenvalue weighted by atomic mass is 16.6. The van der Waals surface area contributed by atoms with Gasteiger partial charge < -0.3 is 19.9 Å². The Morgan fingerprint density at radius 1 is 1.20 bits per heavy atom. The lowest BCUT2D eigenvalue weighted by molar-refractivity contribution is 0.0306. The van der Waals surface area contributed by atoms with Gasteiger partial charge in [0.05, 0.1) is 12.9 Å². The number of ether oxygens (including phenoxy) is 1. The summed E-state index contributed by atoms with van der Waals surface area (Å²) < 4.78 is 7.43. The number of aromatic nitrogens is 4. The van der Waals surface area contributed by atoms with Gasteiger partial charge in [-0.25, -0.2) is 19.7 Å². The summed E-state index contributed by atoms with van der Waals surface area (Å²) in [5, 5.41) is 0. The second-order valence-corrected chi connectivity index (χ2v) is 8.49. The van der Waals surface area contributed by atoms with Gasteiger partial charge in [0.2, 0.25) is 0 Å². The number of hydrogen-bond donors (Lipinski definition) is 1. The SMILES string of the molecule is Cc1nc(N)c2ncn(Cc3ccc(C4=CCN(C(=O)OC(C)(C)C)C4)cc3)c2n1. The number of anilines is 1. The molecule has 0 fully saturated rings. The third kappa shape index (κ3) is 4.12. The zero-order valence-corrected chi connectivity index (χ0v) is 17.7. The number of carbonyl (C=O) groups excluding carboxylic acids is 1. The van der Waals surface area contributed by atoms with Gasteiger partial charge >= 0.3 is 6.09 Å². The molecule has 0 aliphatic carbocycles. The fraction of sp³-hybridized carbons (Fsp3) is 0.364. The van der Waals surface area contributed by atoms with Gasteiger partial charge in [0.1, 0.15) is 16.9 Å². The molecule has 1 aromatic carbocycles. The normalized spacial score (nSPS) is 14.3. The molecule has 0 saturated carbocycles. The van der Waals surface area contributed by atoms with Gasteiger partial charge in [0.25, 0.3) is 0 Å². The van der Waals surface area contributed by atoms with Crippen molar-refractivity contribution < 1.29 is 9.53 Å². The van der Waals surface area contributed by atoms with Crippen molar-refractivity contribution in [3.63, 3.8) is 0 Å². The highest BCUT2D eigenvalue weighted by Gasteiger charge is 2.25. The maximum absolute atomic E-state index is 12.3. The monoisotopic (exact) mass is 406 g/mol. The zero-order valence-electron chi connectivity index (χ0n) is 17.7. The van der Waals surface area contributed by atoms with Gasteiger partial charge in [-0.05, 0) is 44.4 Å². The quantitative estimate of drug-likeness (QED) is 0.716. The number of aryl methyl sites for hydroxylation is 1. The first-order valence-electron chi connectivity index (χ1n) is 9.91. The summed E-state index contributed by atoms with van der Waals surface area (Å²) in [6, 6.07) is 8.31. The Hall–Kier alpha value is -3.42. The first-order chi connectivity index (χ1) is 14.2. The molecular formula is C22H26N6O2. The number of nitrogen functional groups attached to an aromatic ring is 1. The van der Waals surface area contributed by atoms with Crippen LogP contribution in [0.1, 0.15) is 37.7 Å². The van der Waals surface area contributed by atoms with Crippen LogP contribution in [-0.2, 0) is 11.3 Å². The molecule has 1 aliphatic rings. The van der Waals surface area contributed by atoms with Gasteiger partial charge in [-0.3, -0.25) is 0 Å². The van der Waals surface area contributed by atoms with Crippen LogP contribution in [0.2, 0.25) is 0 Å². The lowest BCUT2D eigenvalue weighted by Gasteiger charge is -2.24. The topological polar surface area (TPSA) is 99.2 Å². The molecule has 0 atom stereocenters. The van der Waals surface area contributed by atoms with Crippen LogP contribution in [0.3, 0.4) is 0 Å². The molecular weight excluding hydrogens is 380 g/mol. The second kappa shape index (κ2) is 7.44. The summed E-state index contributed by atoms with van der Waals surface area (Å²) in [5.74, 6) is 1.02. The van der Waals surface area contributed by atoms with Crippen molar-refractivity contribution in [2.45, 2.75) is 39.8 Å². The van der Waals surface area contributed by atoms with Crippen LogP contribution in [0, 0.1) is 6.92 Å². The van der Waals surface area contributed by atoms with Gasteiger partial charge in [-0.2, -0.15) is 0 Å². The van der Waals surface area contributed by atoms with E-state index in [1.54, 1.807) is 11.2 Å². The molecule has 0 bridgehead atoms. The zero-order chi connectivity index (χ0) is 21.5. The summed E-state index contributed by atoms with van der Waals surface area (Å²) in [5.41, 5.74) is 10.2. The van der Waals surface area contributed by atoms with Gasteiger partial charge in [0.15, 0.2) is 11.5 Å². The first-order valence-corrected chi connectivity index (χ1v) is 9.91. The van der Waals surface area contributed by atoms with Crippen LogP contribution in [0.5, 0.6) is 0 Å². The number of carbonyl (C=O) groups is 1. The molecule has 2 aromatic heterocycles. The van der Waals surface area contributed by atoms with Crippen molar-refractivity contribution in [3.05, 3.63) is 53.6 Å². The lowest BCUT2D eigenvalue weighted by Crippen LogP contribution is -2.35. The lowest BCUT2D eigenvalue weighted by atomic mass is 10.0. The second-order valence-electron chi connectivity index (χ2n) is 8.49. The Labute approximate surface area is 175 Å². The number of hydrogen-bond acceptors (Lipinski definition) is 6. The minimum Gasteiger partial charge on any atom is -0.444 e. The molecule has 1 amide bonds. The van der Waals surface area contributed by atoms with E-state index in [0.717, 1.165) is 22.3 Å². The van der Waals surface area contributed by atoms with E-state index in [-0.39, 0.29) is 6.09 Å². The Balaban J connectivity index is 1.45. The molecule has 4 rings (SSSR count). The van der Waals surface area contributed by atoms with Crippen molar-refractivity contribution in [2.24, 2.45) is 0 Å². The van der Waals surface area contributed by atoms with Crippen molar-refractivity contribution in [3.8, 4) is 0 Å². The van der Waals surface area contributed by atoms with E-state index in [4.69, 9.17) is 10.5 Å². The Bertz CT molecular complexity index is 1120. The molecule has 1 aliphatic heterocycles. The average molecular weight is 406 g/mol. The Kier molecular flexibility index (Phi) is 4.93. The predicted octanol–water partition coefficient (Wildman–Crippen LogP) is 3.40. The number of benzene rings is 1. The summed E-state index contributed by atoms with van der Waals surface area (Å²) >= 11 is 0. The van der Waals surface area contributed by atoms with Crippen molar-refractivity contribution >= 4 is 28.6 Å². The molecule has 156 valence electrons. The largest absolute Gasteiger partial charge is 0.444 e. The van der Waals surface area contributed by atoms with Crippen molar-refractivity contribution in [1.29, 1.82) is 0 Å². The maximum Gasteiger partial charge on any atom is 0.410 e. The van der Waals surface area contributed by atoms with Crippen molar-refractivity contribution in [1.82, 2.24) is 24.4 Å². The number of imidazole rings is 1. The molecule has 8 heteroatoms. The van der Waals surface area contributed by atoms with Crippen LogP contribution in [-0.4, -0.2) is 49.2 Å². The molecule has 0 spiro atoms. The molecule has 2 N–H and O–H groups in total. The molecule has 8 nitrogen and oxygen atoms in total. The third-order valence-electron chi connectivity index (χ3n) is 4.85. The molecule has 0 saturated heterocycles. The van der Waals surface area contributed by atoms with E-state index in [9.17, 15) is 4.79 Å². The smallest absolute Gasteiger partial charge is 0.410 e. The molecule has 3 aromatic rings. The predicted molar refractivity (Wildman–Crippen MR) is 116 cm³/mol. The van der Waals surface area contributed by atoms with E-state index >= 15 is 0 Å². The highest BCUT2D eigenvalue weighted by molar-refractivity contribution is 5.81. The number of fused-ring (bicyclic) bond motifs is 1. The molecule has 0 unspecified atom stereocenters. The fourth-order valence-electron chi connectivity index (χ4n) is 3.45. The molecule has 0 radical (unpaired) electrons. The minimum absolute atomic E-state index is 0.283.